The van der Waals surface area contributed by atoms with E-state index in [0.717, 1.165) is 25.7 Å². The molecule has 0 rings (SSSR count). The lowest BCUT2D eigenvalue weighted by Gasteiger charge is -2.18. The summed E-state index contributed by atoms with van der Waals surface area (Å²) >= 11 is 0. The van der Waals surface area contributed by atoms with Gasteiger partial charge in [0, 0.05) is 6.54 Å². The topological polar surface area (TPSA) is 95.9 Å². The number of hydrogen-bond acceptors (Lipinski definition) is 4. The van der Waals surface area contributed by atoms with Gasteiger partial charge in [0.15, 0.2) is 0 Å². The highest BCUT2D eigenvalue weighted by atomic mass is 19.4. The van der Waals surface area contributed by atoms with Gasteiger partial charge in [0.1, 0.15) is 6.10 Å². The quantitative estimate of drug-likeness (QED) is 0.0569. The van der Waals surface area contributed by atoms with Crippen molar-refractivity contribution in [1.82, 2.24) is 5.32 Å². The number of unbranched alkanes of at least 4 members (excludes halogenated alkanes) is 28. The third kappa shape index (κ3) is 42.6. The number of carboxylic acid groups (broad SMARTS) is 1. The number of aliphatic hydroxyl groups excluding tert-OH is 1. The Morgan fingerprint density at radius 2 is 0.776 bits per heavy atom. The van der Waals surface area contributed by atoms with Crippen molar-refractivity contribution >= 4 is 12.1 Å². The number of alkyl carbamates (subject to hydrolysis) is 1. The first-order chi connectivity index (χ1) is 23.7. The molecule has 0 fully saturated rings. The van der Waals surface area contributed by atoms with Gasteiger partial charge in [-0.1, -0.05) is 194 Å². The number of aliphatic hydroxyl groups is 1. The lowest BCUT2D eigenvalue weighted by Crippen LogP contribution is -2.31. The molecule has 0 spiro atoms. The van der Waals surface area contributed by atoms with Gasteiger partial charge in [0.2, 0.25) is 0 Å². The van der Waals surface area contributed by atoms with Crippen LogP contribution in [0.5, 0.6) is 0 Å². The largest absolute Gasteiger partial charge is 0.490 e. The number of amides is 1. The summed E-state index contributed by atoms with van der Waals surface area (Å²) in [5.41, 5.74) is 0. The molecule has 294 valence electrons. The monoisotopic (exact) mass is 710 g/mol. The second kappa shape index (κ2) is 39.3. The van der Waals surface area contributed by atoms with E-state index in [2.05, 4.69) is 19.2 Å². The molecule has 6 nitrogen and oxygen atoms in total. The van der Waals surface area contributed by atoms with Crippen LogP contribution in [0, 0.1) is 0 Å². The van der Waals surface area contributed by atoms with E-state index in [4.69, 9.17) is 19.7 Å². The number of aliphatic carboxylic acids is 1. The molecule has 0 bridgehead atoms. The first-order valence-electron chi connectivity index (χ1n) is 20.5. The van der Waals surface area contributed by atoms with Gasteiger partial charge in [-0.05, 0) is 25.7 Å². The molecular formula is C40H78F3NO5. The number of alkyl halides is 3. The van der Waals surface area contributed by atoms with E-state index < -0.39 is 12.1 Å². The molecule has 0 aliphatic carbocycles. The lowest BCUT2D eigenvalue weighted by atomic mass is 10.0. The molecule has 0 aromatic rings. The number of ether oxygens (including phenoxy) is 1. The van der Waals surface area contributed by atoms with E-state index in [1.165, 1.54) is 180 Å². The zero-order chi connectivity index (χ0) is 36.7. The molecular weight excluding hydrogens is 631 g/mol. The van der Waals surface area contributed by atoms with Gasteiger partial charge < -0.3 is 20.3 Å². The summed E-state index contributed by atoms with van der Waals surface area (Å²) in [5, 5.41) is 18.8. The minimum Gasteiger partial charge on any atom is -0.475 e. The lowest BCUT2D eigenvalue weighted by molar-refractivity contribution is -0.192. The van der Waals surface area contributed by atoms with E-state index in [1.54, 1.807) is 0 Å². The molecule has 1 amide bonds. The normalized spacial score (nSPS) is 11.4. The Bertz CT molecular complexity index is 659. The van der Waals surface area contributed by atoms with Crippen LogP contribution in [-0.4, -0.2) is 47.7 Å². The van der Waals surface area contributed by atoms with Gasteiger partial charge in [-0.3, -0.25) is 0 Å². The zero-order valence-electron chi connectivity index (χ0n) is 31.9. The van der Waals surface area contributed by atoms with Crippen molar-refractivity contribution in [3.8, 4) is 0 Å². The Kier molecular flexibility index (Phi) is 39.8. The number of nitrogens with one attached hydrogen (secondary N) is 1. The number of carbonyl (C=O) groups is 2. The first-order valence-corrected chi connectivity index (χ1v) is 20.5. The zero-order valence-corrected chi connectivity index (χ0v) is 31.9. The van der Waals surface area contributed by atoms with Crippen LogP contribution in [0.3, 0.4) is 0 Å². The van der Waals surface area contributed by atoms with Crippen LogP contribution in [0.2, 0.25) is 0 Å². The fraction of sp³-hybridized carbons (Fsp3) is 0.950. The molecule has 0 aromatic carbocycles. The Morgan fingerprint density at radius 3 is 1.00 bits per heavy atom. The predicted octanol–water partition coefficient (Wildman–Crippen LogP) is 13.2. The van der Waals surface area contributed by atoms with E-state index >= 15 is 0 Å². The molecule has 0 aromatic heterocycles. The van der Waals surface area contributed by atoms with Gasteiger partial charge in [-0.15, -0.1) is 0 Å². The number of halogens is 3. The van der Waals surface area contributed by atoms with Crippen molar-refractivity contribution in [3.63, 3.8) is 0 Å². The molecule has 0 radical (unpaired) electrons. The minimum absolute atomic E-state index is 0.0210. The smallest absolute Gasteiger partial charge is 0.475 e. The molecule has 9 heteroatoms. The molecule has 0 atom stereocenters. The van der Waals surface area contributed by atoms with Crippen molar-refractivity contribution in [2.75, 3.05) is 13.2 Å². The first kappa shape index (κ1) is 49.6. The number of hydrogen-bond donors (Lipinski definition) is 3. The van der Waals surface area contributed by atoms with Gasteiger partial charge in [0.05, 0.1) is 6.61 Å². The summed E-state index contributed by atoms with van der Waals surface area (Å²) in [6, 6.07) is 0. The van der Waals surface area contributed by atoms with Gasteiger partial charge >= 0.3 is 18.2 Å². The van der Waals surface area contributed by atoms with Crippen LogP contribution >= 0.6 is 0 Å². The molecule has 0 unspecified atom stereocenters. The van der Waals surface area contributed by atoms with Crippen molar-refractivity contribution < 1.29 is 37.7 Å². The maximum Gasteiger partial charge on any atom is 0.490 e. The number of rotatable bonds is 35. The molecule has 0 aliphatic heterocycles. The summed E-state index contributed by atoms with van der Waals surface area (Å²) < 4.78 is 37.5. The van der Waals surface area contributed by atoms with Crippen LogP contribution in [0.15, 0.2) is 0 Å². The van der Waals surface area contributed by atoms with E-state index in [1.807, 2.05) is 0 Å². The maximum absolute atomic E-state index is 12.1. The van der Waals surface area contributed by atoms with Gasteiger partial charge in [-0.25, -0.2) is 9.59 Å². The second-order valence-corrected chi connectivity index (χ2v) is 14.0. The second-order valence-electron chi connectivity index (χ2n) is 14.0. The van der Waals surface area contributed by atoms with E-state index in [0.29, 0.717) is 0 Å². The Morgan fingerprint density at radius 1 is 0.531 bits per heavy atom. The van der Waals surface area contributed by atoms with E-state index in [-0.39, 0.29) is 25.3 Å². The Hall–Kier alpha value is -1.51. The summed E-state index contributed by atoms with van der Waals surface area (Å²) in [6.45, 7) is 4.80. The maximum atomic E-state index is 12.1. The van der Waals surface area contributed by atoms with Crippen LogP contribution < -0.4 is 5.32 Å². The molecule has 0 heterocycles. The summed E-state index contributed by atoms with van der Waals surface area (Å²) in [4.78, 5) is 21.0. The third-order valence-electron chi connectivity index (χ3n) is 9.16. The molecule has 3 N–H and O–H groups in total. The van der Waals surface area contributed by atoms with Crippen LogP contribution in [-0.2, 0) is 9.53 Å². The molecule has 0 saturated heterocycles. The minimum atomic E-state index is -5.08. The fourth-order valence-electron chi connectivity index (χ4n) is 6.10. The van der Waals surface area contributed by atoms with Gasteiger partial charge in [-0.2, -0.15) is 13.2 Å². The molecule has 0 saturated carbocycles. The standard InChI is InChI=1S/C38H77NO3.C2HF3O2/c1-3-5-7-9-11-13-15-17-19-21-23-25-27-29-31-33-37(42-38(41)39-35-36-40)34-32-30-28-26-24-22-20-18-16-14-12-10-8-6-4-2;3-2(4,5)1(6)7/h37,40H,3-36H2,1-2H3,(H,39,41);(H,6,7). The summed E-state index contributed by atoms with van der Waals surface area (Å²) in [5.74, 6) is -2.76. The fourth-order valence-corrected chi connectivity index (χ4v) is 6.10. The van der Waals surface area contributed by atoms with E-state index in [9.17, 15) is 18.0 Å². The SMILES string of the molecule is CCCCCCCCCCCCCCCCCC(CCCCCCCCCCCCCCCCC)OC(=O)NCCO.O=C(O)C(F)(F)F. The molecule has 49 heavy (non-hydrogen) atoms. The summed E-state index contributed by atoms with van der Waals surface area (Å²) in [7, 11) is 0. The average Bonchev–Trinajstić information content (AvgIpc) is 3.07. The average molecular weight is 710 g/mol. The van der Waals surface area contributed by atoms with Crippen LogP contribution in [0.25, 0.3) is 0 Å². The Labute approximate surface area is 299 Å². The van der Waals surface area contributed by atoms with Crippen molar-refractivity contribution in [2.24, 2.45) is 0 Å². The predicted molar refractivity (Wildman–Crippen MR) is 198 cm³/mol. The third-order valence-corrected chi connectivity index (χ3v) is 9.16. The highest BCUT2D eigenvalue weighted by Gasteiger charge is 2.38. The van der Waals surface area contributed by atoms with Crippen molar-refractivity contribution in [1.29, 1.82) is 0 Å². The van der Waals surface area contributed by atoms with Crippen LogP contribution in [0.4, 0.5) is 18.0 Å². The van der Waals surface area contributed by atoms with Crippen molar-refractivity contribution in [3.05, 3.63) is 0 Å². The van der Waals surface area contributed by atoms with Crippen LogP contribution in [0.1, 0.15) is 219 Å². The van der Waals surface area contributed by atoms with Gasteiger partial charge in [0.25, 0.3) is 0 Å². The highest BCUT2D eigenvalue weighted by molar-refractivity contribution is 5.73. The number of carbonyl (C=O) groups excluding carboxylic acids is 1. The Balaban J connectivity index is 0. The molecule has 0 aliphatic rings. The summed E-state index contributed by atoms with van der Waals surface area (Å²) in [6.07, 6.45) is 37.7. The highest BCUT2D eigenvalue weighted by Crippen LogP contribution is 2.19. The number of carboxylic acids is 1. The van der Waals surface area contributed by atoms with Crippen molar-refractivity contribution in [2.45, 2.75) is 232 Å².